The van der Waals surface area contributed by atoms with Crippen LogP contribution in [0.3, 0.4) is 0 Å². The van der Waals surface area contributed by atoms with Crippen LogP contribution in [0, 0.1) is 0 Å². The SMILES string of the molecule is C[C@@H]1CN(C(=O)c2ccc(NS(=O)(=O)c3ccc(C(C)(C)C)cc3)cc2)C[C@H](C)O1. The Balaban J connectivity index is 1.71. The monoisotopic (exact) mass is 430 g/mol. The van der Waals surface area contributed by atoms with Gasteiger partial charge in [0, 0.05) is 24.3 Å². The van der Waals surface area contributed by atoms with Gasteiger partial charge in [0.1, 0.15) is 0 Å². The van der Waals surface area contributed by atoms with E-state index in [2.05, 4.69) is 25.5 Å². The number of benzene rings is 2. The summed E-state index contributed by atoms with van der Waals surface area (Å²) in [6, 6.07) is 13.4. The highest BCUT2D eigenvalue weighted by molar-refractivity contribution is 7.92. The molecule has 1 saturated heterocycles. The van der Waals surface area contributed by atoms with Crippen molar-refractivity contribution in [3.63, 3.8) is 0 Å². The molecule has 0 unspecified atom stereocenters. The van der Waals surface area contributed by atoms with E-state index in [1.807, 2.05) is 26.0 Å². The predicted octanol–water partition coefficient (Wildman–Crippen LogP) is 4.03. The van der Waals surface area contributed by atoms with Crippen molar-refractivity contribution in [2.75, 3.05) is 17.8 Å². The van der Waals surface area contributed by atoms with Crippen molar-refractivity contribution < 1.29 is 17.9 Å². The van der Waals surface area contributed by atoms with Gasteiger partial charge in [-0.15, -0.1) is 0 Å². The van der Waals surface area contributed by atoms with Crippen LogP contribution in [0.25, 0.3) is 0 Å². The number of sulfonamides is 1. The smallest absolute Gasteiger partial charge is 0.261 e. The number of nitrogens with one attached hydrogen (secondary N) is 1. The first-order valence-corrected chi connectivity index (χ1v) is 11.6. The van der Waals surface area contributed by atoms with E-state index in [1.54, 1.807) is 41.3 Å². The molecule has 1 aliphatic heterocycles. The van der Waals surface area contributed by atoms with Crippen molar-refractivity contribution in [2.45, 2.75) is 57.1 Å². The Morgan fingerprint density at radius 2 is 1.50 bits per heavy atom. The quantitative estimate of drug-likeness (QED) is 0.794. The molecule has 0 aliphatic carbocycles. The highest BCUT2D eigenvalue weighted by Gasteiger charge is 2.26. The molecule has 2 atom stereocenters. The Bertz CT molecular complexity index is 983. The van der Waals surface area contributed by atoms with Crippen molar-refractivity contribution in [3.05, 3.63) is 59.7 Å². The van der Waals surface area contributed by atoms with E-state index in [0.717, 1.165) is 5.56 Å². The first-order chi connectivity index (χ1) is 14.0. The molecule has 6 nitrogen and oxygen atoms in total. The number of morpholine rings is 1. The molecule has 0 radical (unpaired) electrons. The number of ether oxygens (including phenoxy) is 1. The molecule has 0 spiro atoms. The van der Waals surface area contributed by atoms with Crippen LogP contribution in [0.5, 0.6) is 0 Å². The molecule has 0 aromatic heterocycles. The number of anilines is 1. The van der Waals surface area contributed by atoms with Gasteiger partial charge in [-0.3, -0.25) is 9.52 Å². The van der Waals surface area contributed by atoms with Gasteiger partial charge in [-0.2, -0.15) is 0 Å². The van der Waals surface area contributed by atoms with E-state index >= 15 is 0 Å². The number of nitrogens with zero attached hydrogens (tertiary/aromatic N) is 1. The second kappa shape index (κ2) is 8.40. The van der Waals surface area contributed by atoms with Gasteiger partial charge in [0.05, 0.1) is 17.1 Å². The maximum absolute atomic E-state index is 12.8. The molecular formula is C23H30N2O4S. The topological polar surface area (TPSA) is 75.7 Å². The number of carbonyl (C=O) groups is 1. The summed E-state index contributed by atoms with van der Waals surface area (Å²) in [5.74, 6) is -0.0795. The van der Waals surface area contributed by atoms with Crippen molar-refractivity contribution in [3.8, 4) is 0 Å². The van der Waals surface area contributed by atoms with Crippen LogP contribution in [0.1, 0.15) is 50.5 Å². The molecule has 0 bridgehead atoms. The molecule has 2 aromatic carbocycles. The average Bonchev–Trinajstić information content (AvgIpc) is 2.66. The van der Waals surface area contributed by atoms with E-state index in [4.69, 9.17) is 4.74 Å². The summed E-state index contributed by atoms with van der Waals surface area (Å²) in [5.41, 5.74) is 1.95. The minimum atomic E-state index is -3.71. The van der Waals surface area contributed by atoms with Gasteiger partial charge in [0.2, 0.25) is 0 Å². The lowest BCUT2D eigenvalue weighted by Gasteiger charge is -2.35. The Morgan fingerprint density at radius 1 is 0.967 bits per heavy atom. The molecule has 1 amide bonds. The van der Waals surface area contributed by atoms with Gasteiger partial charge in [0.15, 0.2) is 0 Å². The molecule has 1 aliphatic rings. The lowest BCUT2D eigenvalue weighted by atomic mass is 9.87. The maximum atomic E-state index is 12.8. The number of rotatable bonds is 4. The molecule has 3 rings (SSSR count). The van der Waals surface area contributed by atoms with Crippen molar-refractivity contribution in [1.29, 1.82) is 0 Å². The second-order valence-electron chi connectivity index (χ2n) is 8.92. The molecule has 2 aromatic rings. The number of hydrogen-bond acceptors (Lipinski definition) is 4. The standard InChI is InChI=1S/C23H30N2O4S/c1-16-14-25(15-17(2)29-16)22(26)18-6-10-20(11-7-18)24-30(27,28)21-12-8-19(9-13-21)23(3,4)5/h6-13,16-17,24H,14-15H2,1-5H3/t16-,17+. The van der Waals surface area contributed by atoms with Crippen LogP contribution in [0.4, 0.5) is 5.69 Å². The summed E-state index contributed by atoms with van der Waals surface area (Å²) in [4.78, 5) is 14.7. The lowest BCUT2D eigenvalue weighted by Crippen LogP contribution is -2.48. The number of hydrogen-bond donors (Lipinski definition) is 1. The first kappa shape index (κ1) is 22.3. The molecule has 1 N–H and O–H groups in total. The van der Waals surface area contributed by atoms with Crippen molar-refractivity contribution in [1.82, 2.24) is 4.90 Å². The largest absolute Gasteiger partial charge is 0.372 e. The normalized spacial score (nSPS) is 20.1. The maximum Gasteiger partial charge on any atom is 0.261 e. The van der Waals surface area contributed by atoms with Crippen LogP contribution in [-0.2, 0) is 20.2 Å². The molecule has 162 valence electrons. The molecule has 7 heteroatoms. The van der Waals surface area contributed by atoms with Crippen LogP contribution in [0.2, 0.25) is 0 Å². The fourth-order valence-corrected chi connectivity index (χ4v) is 4.61. The van der Waals surface area contributed by atoms with Gasteiger partial charge in [-0.05, 0) is 61.2 Å². The van der Waals surface area contributed by atoms with Crippen LogP contribution in [0.15, 0.2) is 53.4 Å². The zero-order valence-electron chi connectivity index (χ0n) is 18.2. The minimum absolute atomic E-state index is 0.00606. The van der Waals surface area contributed by atoms with E-state index in [9.17, 15) is 13.2 Å². The van der Waals surface area contributed by atoms with Crippen LogP contribution in [-0.4, -0.2) is 44.5 Å². The summed E-state index contributed by atoms with van der Waals surface area (Å²) in [5, 5.41) is 0. The summed E-state index contributed by atoms with van der Waals surface area (Å²) >= 11 is 0. The minimum Gasteiger partial charge on any atom is -0.372 e. The highest BCUT2D eigenvalue weighted by atomic mass is 32.2. The Morgan fingerprint density at radius 3 is 2.00 bits per heavy atom. The molecule has 1 fully saturated rings. The zero-order valence-corrected chi connectivity index (χ0v) is 19.0. The van der Waals surface area contributed by atoms with E-state index in [-0.39, 0.29) is 28.4 Å². The van der Waals surface area contributed by atoms with Gasteiger partial charge >= 0.3 is 0 Å². The van der Waals surface area contributed by atoms with E-state index in [1.165, 1.54) is 0 Å². The Labute approximate surface area is 179 Å². The zero-order chi connectivity index (χ0) is 22.1. The number of carbonyl (C=O) groups excluding carboxylic acids is 1. The van der Waals surface area contributed by atoms with Crippen molar-refractivity contribution in [2.24, 2.45) is 0 Å². The van der Waals surface area contributed by atoms with Crippen molar-refractivity contribution >= 4 is 21.6 Å². The molecule has 30 heavy (non-hydrogen) atoms. The summed E-state index contributed by atoms with van der Waals surface area (Å²) in [6.07, 6.45) is -0.0121. The van der Waals surface area contributed by atoms with Gasteiger partial charge < -0.3 is 9.64 Å². The van der Waals surface area contributed by atoms with Crippen LogP contribution < -0.4 is 4.72 Å². The third kappa shape index (κ3) is 5.21. The molecular weight excluding hydrogens is 400 g/mol. The summed E-state index contributed by atoms with van der Waals surface area (Å²) < 4.78 is 33.7. The second-order valence-corrected chi connectivity index (χ2v) is 10.6. The molecule has 1 heterocycles. The fraction of sp³-hybridized carbons (Fsp3) is 0.435. The first-order valence-electron chi connectivity index (χ1n) is 10.1. The van der Waals surface area contributed by atoms with E-state index in [0.29, 0.717) is 24.3 Å². The van der Waals surface area contributed by atoms with Gasteiger partial charge in [-0.1, -0.05) is 32.9 Å². The Hall–Kier alpha value is -2.38. The molecule has 0 saturated carbocycles. The fourth-order valence-electron chi connectivity index (χ4n) is 3.56. The predicted molar refractivity (Wildman–Crippen MR) is 118 cm³/mol. The van der Waals surface area contributed by atoms with E-state index < -0.39 is 10.0 Å². The third-order valence-corrected chi connectivity index (χ3v) is 6.52. The lowest BCUT2D eigenvalue weighted by molar-refractivity contribution is -0.0586. The summed E-state index contributed by atoms with van der Waals surface area (Å²) in [7, 11) is -3.71. The Kier molecular flexibility index (Phi) is 6.24. The number of amides is 1. The highest BCUT2D eigenvalue weighted by Crippen LogP contribution is 2.24. The average molecular weight is 431 g/mol. The van der Waals surface area contributed by atoms with Gasteiger partial charge in [-0.25, -0.2) is 8.42 Å². The van der Waals surface area contributed by atoms with Gasteiger partial charge in [0.25, 0.3) is 15.9 Å². The van der Waals surface area contributed by atoms with Crippen LogP contribution >= 0.6 is 0 Å². The summed E-state index contributed by atoms with van der Waals surface area (Å²) in [6.45, 7) is 11.2. The third-order valence-electron chi connectivity index (χ3n) is 5.12.